The molecule has 0 heterocycles. The summed E-state index contributed by atoms with van der Waals surface area (Å²) in [5, 5.41) is 13.8. The summed E-state index contributed by atoms with van der Waals surface area (Å²) in [7, 11) is 3.08. The smallest absolute Gasteiger partial charge is 0.270 e. The number of hydrogen-bond acceptors (Lipinski definition) is 5. The Kier molecular flexibility index (Phi) is 5.56. The van der Waals surface area contributed by atoms with Crippen LogP contribution in [0.2, 0.25) is 0 Å². The van der Waals surface area contributed by atoms with Crippen molar-refractivity contribution in [2.75, 3.05) is 19.5 Å². The molecule has 2 aromatic rings. The number of methoxy groups -OCH3 is 2. The Labute approximate surface area is 139 Å². The van der Waals surface area contributed by atoms with E-state index in [0.717, 1.165) is 11.4 Å². The summed E-state index contributed by atoms with van der Waals surface area (Å²) in [6, 6.07) is 11.5. The minimum Gasteiger partial charge on any atom is -0.497 e. The highest BCUT2D eigenvalue weighted by atomic mass is 16.6. The highest BCUT2D eigenvalue weighted by molar-refractivity contribution is 5.92. The second-order valence-electron chi connectivity index (χ2n) is 4.81. The Morgan fingerprint density at radius 1 is 1.21 bits per heavy atom. The molecule has 0 radical (unpaired) electrons. The van der Waals surface area contributed by atoms with Gasteiger partial charge in [0.1, 0.15) is 11.5 Å². The molecule has 8 nitrogen and oxygen atoms in total. The van der Waals surface area contributed by atoms with Crippen LogP contribution in [0.3, 0.4) is 0 Å². The Balaban J connectivity index is 2.10. The average molecular weight is 330 g/mol. The first-order valence-corrected chi connectivity index (χ1v) is 7.05. The van der Waals surface area contributed by atoms with Gasteiger partial charge in [0.25, 0.3) is 5.69 Å². The first-order chi connectivity index (χ1) is 11.5. The van der Waals surface area contributed by atoms with Crippen LogP contribution in [-0.2, 0) is 6.54 Å². The molecule has 0 saturated heterocycles. The lowest BCUT2D eigenvalue weighted by Crippen LogP contribution is -2.22. The topological polar surface area (TPSA) is 112 Å². The molecular weight excluding hydrogens is 312 g/mol. The average Bonchev–Trinajstić information content (AvgIpc) is 2.60. The van der Waals surface area contributed by atoms with Crippen LogP contribution in [0.15, 0.2) is 47.5 Å². The molecule has 0 aliphatic carbocycles. The molecule has 0 aliphatic heterocycles. The van der Waals surface area contributed by atoms with Crippen molar-refractivity contribution in [3.05, 3.63) is 58.1 Å². The molecule has 2 rings (SSSR count). The summed E-state index contributed by atoms with van der Waals surface area (Å²) >= 11 is 0. The summed E-state index contributed by atoms with van der Waals surface area (Å²) in [6.45, 7) is 0.153. The summed E-state index contributed by atoms with van der Waals surface area (Å²) in [5.74, 6) is 1.44. The van der Waals surface area contributed by atoms with Crippen LogP contribution in [0.5, 0.6) is 11.5 Å². The predicted molar refractivity (Wildman–Crippen MR) is 91.6 cm³/mol. The van der Waals surface area contributed by atoms with E-state index in [1.165, 1.54) is 25.3 Å². The molecule has 0 atom stereocenters. The summed E-state index contributed by atoms with van der Waals surface area (Å²) < 4.78 is 10.3. The number of benzene rings is 2. The number of nitro groups is 1. The minimum absolute atomic E-state index is 0.0253. The van der Waals surface area contributed by atoms with Crippen molar-refractivity contribution in [2.24, 2.45) is 10.7 Å². The Bertz CT molecular complexity index is 744. The molecule has 0 spiro atoms. The summed E-state index contributed by atoms with van der Waals surface area (Å²) in [4.78, 5) is 14.6. The lowest BCUT2D eigenvalue weighted by molar-refractivity contribution is -0.384. The molecule has 0 aliphatic rings. The Hall–Kier alpha value is -3.29. The third-order valence-electron chi connectivity index (χ3n) is 3.26. The zero-order chi connectivity index (χ0) is 17.5. The lowest BCUT2D eigenvalue weighted by atomic mass is 10.2. The molecule has 0 amide bonds. The largest absolute Gasteiger partial charge is 0.497 e. The molecule has 0 saturated carbocycles. The van der Waals surface area contributed by atoms with E-state index in [4.69, 9.17) is 15.2 Å². The standard InChI is InChI=1S/C16H18N4O4/c1-23-14-6-3-12(4-7-14)19-16(17)18-10-11-9-13(20(21)22)5-8-15(11)24-2/h3-9H,10H2,1-2H3,(H3,17,18,19). The van der Waals surface area contributed by atoms with Gasteiger partial charge in [0.05, 0.1) is 25.7 Å². The molecule has 0 bridgehead atoms. The van der Waals surface area contributed by atoms with Crippen molar-refractivity contribution in [2.45, 2.75) is 6.54 Å². The fraction of sp³-hybridized carbons (Fsp3) is 0.188. The van der Waals surface area contributed by atoms with Gasteiger partial charge in [-0.2, -0.15) is 0 Å². The number of nitrogens with two attached hydrogens (primary N) is 1. The van der Waals surface area contributed by atoms with Crippen LogP contribution >= 0.6 is 0 Å². The third-order valence-corrected chi connectivity index (χ3v) is 3.26. The zero-order valence-corrected chi connectivity index (χ0v) is 13.4. The van der Waals surface area contributed by atoms with Crippen molar-refractivity contribution < 1.29 is 14.4 Å². The van der Waals surface area contributed by atoms with Crippen molar-refractivity contribution in [1.82, 2.24) is 0 Å². The highest BCUT2D eigenvalue weighted by Crippen LogP contribution is 2.24. The number of nitrogens with one attached hydrogen (secondary N) is 1. The zero-order valence-electron chi connectivity index (χ0n) is 13.4. The van der Waals surface area contributed by atoms with E-state index < -0.39 is 4.92 Å². The first-order valence-electron chi connectivity index (χ1n) is 7.05. The SMILES string of the molecule is COc1ccc(NC(N)=NCc2cc([N+](=O)[O-])ccc2OC)cc1. The molecule has 0 unspecified atom stereocenters. The van der Waals surface area contributed by atoms with Crippen molar-refractivity contribution >= 4 is 17.3 Å². The number of ether oxygens (including phenoxy) is 2. The van der Waals surface area contributed by atoms with Crippen LogP contribution in [0.1, 0.15) is 5.56 Å². The van der Waals surface area contributed by atoms with E-state index in [1.807, 2.05) is 0 Å². The second kappa shape index (κ2) is 7.82. The lowest BCUT2D eigenvalue weighted by Gasteiger charge is -2.08. The van der Waals surface area contributed by atoms with E-state index in [-0.39, 0.29) is 18.2 Å². The van der Waals surface area contributed by atoms with Crippen molar-refractivity contribution in [1.29, 1.82) is 0 Å². The van der Waals surface area contributed by atoms with Gasteiger partial charge in [0.2, 0.25) is 0 Å². The van der Waals surface area contributed by atoms with Gasteiger partial charge in [-0.3, -0.25) is 10.1 Å². The summed E-state index contributed by atoms with van der Waals surface area (Å²) in [6.07, 6.45) is 0. The molecule has 0 aromatic heterocycles. The fourth-order valence-corrected chi connectivity index (χ4v) is 2.03. The second-order valence-corrected chi connectivity index (χ2v) is 4.81. The van der Waals surface area contributed by atoms with Gasteiger partial charge < -0.3 is 20.5 Å². The predicted octanol–water partition coefficient (Wildman–Crippen LogP) is 2.54. The maximum atomic E-state index is 10.9. The number of anilines is 1. The van der Waals surface area contributed by atoms with E-state index in [1.54, 1.807) is 31.4 Å². The number of guanidine groups is 1. The van der Waals surface area contributed by atoms with E-state index in [9.17, 15) is 10.1 Å². The van der Waals surface area contributed by atoms with Gasteiger partial charge >= 0.3 is 0 Å². The maximum Gasteiger partial charge on any atom is 0.270 e. The number of hydrogen-bond donors (Lipinski definition) is 2. The van der Waals surface area contributed by atoms with Gasteiger partial charge in [0.15, 0.2) is 5.96 Å². The molecular formula is C16H18N4O4. The van der Waals surface area contributed by atoms with Crippen LogP contribution < -0.4 is 20.5 Å². The Morgan fingerprint density at radius 2 is 1.92 bits per heavy atom. The number of nitro benzene ring substituents is 1. The number of nitrogens with zero attached hydrogens (tertiary/aromatic N) is 2. The van der Waals surface area contributed by atoms with Gasteiger partial charge in [-0.15, -0.1) is 0 Å². The van der Waals surface area contributed by atoms with Gasteiger partial charge in [-0.25, -0.2) is 4.99 Å². The fourth-order valence-electron chi connectivity index (χ4n) is 2.03. The third kappa shape index (κ3) is 4.35. The minimum atomic E-state index is -0.467. The van der Waals surface area contributed by atoms with Gasteiger partial charge in [0, 0.05) is 23.4 Å². The molecule has 24 heavy (non-hydrogen) atoms. The normalized spacial score (nSPS) is 11.0. The Morgan fingerprint density at radius 3 is 2.50 bits per heavy atom. The van der Waals surface area contributed by atoms with Crippen LogP contribution in [0.4, 0.5) is 11.4 Å². The maximum absolute atomic E-state index is 10.9. The molecule has 0 fully saturated rings. The molecule has 126 valence electrons. The van der Waals surface area contributed by atoms with Gasteiger partial charge in [-0.05, 0) is 30.3 Å². The van der Waals surface area contributed by atoms with E-state index >= 15 is 0 Å². The first kappa shape index (κ1) is 17.1. The number of aliphatic imine (C=N–C) groups is 1. The van der Waals surface area contributed by atoms with Crippen molar-refractivity contribution in [3.8, 4) is 11.5 Å². The number of rotatable bonds is 6. The van der Waals surface area contributed by atoms with Crippen LogP contribution in [0.25, 0.3) is 0 Å². The number of non-ortho nitro benzene ring substituents is 1. The summed E-state index contributed by atoms with van der Waals surface area (Å²) in [5.41, 5.74) is 7.15. The highest BCUT2D eigenvalue weighted by Gasteiger charge is 2.11. The van der Waals surface area contributed by atoms with E-state index in [0.29, 0.717) is 11.3 Å². The van der Waals surface area contributed by atoms with Crippen molar-refractivity contribution in [3.63, 3.8) is 0 Å². The monoisotopic (exact) mass is 330 g/mol. The van der Waals surface area contributed by atoms with Gasteiger partial charge in [-0.1, -0.05) is 0 Å². The molecule has 3 N–H and O–H groups in total. The van der Waals surface area contributed by atoms with Crippen LogP contribution in [-0.4, -0.2) is 25.1 Å². The molecule has 2 aromatic carbocycles. The van der Waals surface area contributed by atoms with E-state index in [2.05, 4.69) is 10.3 Å². The van der Waals surface area contributed by atoms with Crippen LogP contribution in [0, 0.1) is 10.1 Å². The quantitative estimate of drug-likeness (QED) is 0.364. The molecule has 8 heteroatoms.